The molecule has 2 unspecified atom stereocenters. The maximum Gasteiger partial charge on any atom is 0.240 e. The Morgan fingerprint density at radius 1 is 1.48 bits per heavy atom. The van der Waals surface area contributed by atoms with E-state index in [0.29, 0.717) is 19.6 Å². The molecular weight excluding hydrogens is 264 g/mol. The maximum absolute atomic E-state index is 12.4. The average Bonchev–Trinajstić information content (AvgIpc) is 2.47. The van der Waals surface area contributed by atoms with Crippen molar-refractivity contribution in [2.24, 2.45) is 11.1 Å². The number of amides is 1. The molecule has 1 fully saturated rings. The van der Waals surface area contributed by atoms with Gasteiger partial charge in [-0.3, -0.25) is 4.79 Å². The lowest BCUT2D eigenvalue weighted by Gasteiger charge is -2.57. The molecule has 4 heteroatoms. The van der Waals surface area contributed by atoms with Gasteiger partial charge < -0.3 is 15.8 Å². The number of allylic oxidation sites excluding steroid dienone is 1. The quantitative estimate of drug-likeness (QED) is 0.740. The fourth-order valence-corrected chi connectivity index (χ4v) is 3.45. The molecule has 120 valence electrons. The van der Waals surface area contributed by atoms with Crippen LogP contribution in [0.3, 0.4) is 0 Å². The van der Waals surface area contributed by atoms with Crippen molar-refractivity contribution in [1.29, 1.82) is 0 Å². The first kappa shape index (κ1) is 16.5. The first-order valence-corrected chi connectivity index (χ1v) is 8.28. The van der Waals surface area contributed by atoms with Crippen LogP contribution in [0.2, 0.25) is 0 Å². The Labute approximate surface area is 128 Å². The van der Waals surface area contributed by atoms with Gasteiger partial charge in [-0.15, -0.1) is 0 Å². The summed E-state index contributed by atoms with van der Waals surface area (Å²) in [4.78, 5) is 12.4. The third-order valence-electron chi connectivity index (χ3n) is 5.35. The van der Waals surface area contributed by atoms with Crippen LogP contribution in [0.4, 0.5) is 0 Å². The molecule has 2 aliphatic carbocycles. The topological polar surface area (TPSA) is 64.3 Å². The van der Waals surface area contributed by atoms with Crippen LogP contribution in [0.25, 0.3) is 0 Å². The van der Waals surface area contributed by atoms with E-state index in [0.717, 1.165) is 6.42 Å². The Bertz CT molecular complexity index is 417. The number of rotatable bonds is 6. The Hall–Kier alpha value is -0.870. The molecule has 0 spiro atoms. The van der Waals surface area contributed by atoms with Crippen LogP contribution < -0.4 is 11.1 Å². The summed E-state index contributed by atoms with van der Waals surface area (Å²) in [5, 5.41) is 3.03. The normalized spacial score (nSPS) is 31.2. The van der Waals surface area contributed by atoms with E-state index in [1.807, 2.05) is 20.8 Å². The minimum Gasteiger partial charge on any atom is -0.378 e. The molecule has 4 nitrogen and oxygen atoms in total. The van der Waals surface area contributed by atoms with E-state index < -0.39 is 5.54 Å². The van der Waals surface area contributed by atoms with Crippen LogP contribution in [-0.2, 0) is 9.53 Å². The summed E-state index contributed by atoms with van der Waals surface area (Å²) in [7, 11) is 0. The zero-order valence-electron chi connectivity index (χ0n) is 13.7. The molecule has 0 heterocycles. The monoisotopic (exact) mass is 294 g/mol. The van der Waals surface area contributed by atoms with Crippen LogP contribution in [0.5, 0.6) is 0 Å². The van der Waals surface area contributed by atoms with Crippen molar-refractivity contribution < 1.29 is 9.53 Å². The lowest BCUT2D eigenvalue weighted by molar-refractivity contribution is -0.170. The molecule has 2 aliphatic rings. The van der Waals surface area contributed by atoms with Gasteiger partial charge in [0, 0.05) is 25.0 Å². The summed E-state index contributed by atoms with van der Waals surface area (Å²) in [6.07, 6.45) is 8.93. The number of ether oxygens (including phenoxy) is 1. The van der Waals surface area contributed by atoms with E-state index in [1.165, 1.54) is 31.3 Å². The average molecular weight is 294 g/mol. The Kier molecular flexibility index (Phi) is 5.10. The van der Waals surface area contributed by atoms with Gasteiger partial charge >= 0.3 is 0 Å². The number of nitrogens with two attached hydrogens (primary N) is 1. The number of carbonyl (C=O) groups is 1. The second-order valence-corrected chi connectivity index (χ2v) is 6.96. The molecule has 0 aromatic rings. The molecule has 1 amide bonds. The summed E-state index contributed by atoms with van der Waals surface area (Å²) in [6.45, 7) is 7.39. The minimum atomic E-state index is -0.798. The summed E-state index contributed by atoms with van der Waals surface area (Å²) in [5.41, 5.74) is 6.73. The SMILES string of the molecule is CCOC1CC(N)(C(=O)NCCC2=CCCCC2)C1(C)C. The highest BCUT2D eigenvalue weighted by atomic mass is 16.5. The molecule has 0 saturated heterocycles. The highest BCUT2D eigenvalue weighted by molar-refractivity contribution is 5.88. The number of carbonyl (C=O) groups excluding carboxylic acids is 1. The van der Waals surface area contributed by atoms with Crippen molar-refractivity contribution in [1.82, 2.24) is 5.32 Å². The van der Waals surface area contributed by atoms with E-state index in [9.17, 15) is 4.79 Å². The predicted octanol–water partition coefficient (Wildman–Crippen LogP) is 2.53. The molecule has 3 N–H and O–H groups in total. The zero-order valence-corrected chi connectivity index (χ0v) is 13.7. The van der Waals surface area contributed by atoms with Gasteiger partial charge in [0.2, 0.25) is 5.91 Å². The molecule has 21 heavy (non-hydrogen) atoms. The summed E-state index contributed by atoms with van der Waals surface area (Å²) in [5.74, 6) is -0.0279. The number of hydrogen-bond acceptors (Lipinski definition) is 3. The standard InChI is InChI=1S/C17H30N2O2/c1-4-21-14-12-17(18,16(14,2)3)15(20)19-11-10-13-8-6-5-7-9-13/h8,14H,4-7,9-12,18H2,1-3H3,(H,19,20). The van der Waals surface area contributed by atoms with Crippen molar-refractivity contribution in [3.63, 3.8) is 0 Å². The summed E-state index contributed by atoms with van der Waals surface area (Å²) >= 11 is 0. The summed E-state index contributed by atoms with van der Waals surface area (Å²) < 4.78 is 5.67. The lowest BCUT2D eigenvalue weighted by atomic mass is 9.54. The second-order valence-electron chi connectivity index (χ2n) is 6.96. The number of nitrogens with one attached hydrogen (secondary N) is 1. The fourth-order valence-electron chi connectivity index (χ4n) is 3.45. The second kappa shape index (κ2) is 6.49. The third-order valence-corrected chi connectivity index (χ3v) is 5.35. The van der Waals surface area contributed by atoms with E-state index in [2.05, 4.69) is 11.4 Å². The van der Waals surface area contributed by atoms with Gasteiger partial charge in [-0.25, -0.2) is 0 Å². The van der Waals surface area contributed by atoms with Gasteiger partial charge in [0.15, 0.2) is 0 Å². The van der Waals surface area contributed by atoms with Crippen LogP contribution in [0.15, 0.2) is 11.6 Å². The number of hydrogen-bond donors (Lipinski definition) is 2. The van der Waals surface area contributed by atoms with Crippen LogP contribution in [0.1, 0.15) is 59.3 Å². The zero-order chi connectivity index (χ0) is 15.5. The van der Waals surface area contributed by atoms with Crippen molar-refractivity contribution >= 4 is 5.91 Å². The van der Waals surface area contributed by atoms with Crippen LogP contribution in [0, 0.1) is 5.41 Å². The van der Waals surface area contributed by atoms with Crippen molar-refractivity contribution in [2.75, 3.05) is 13.2 Å². The molecule has 0 bridgehead atoms. The Balaban J connectivity index is 1.82. The van der Waals surface area contributed by atoms with Crippen molar-refractivity contribution in [3.8, 4) is 0 Å². The molecule has 0 aliphatic heterocycles. The smallest absolute Gasteiger partial charge is 0.240 e. The van der Waals surface area contributed by atoms with Crippen LogP contribution in [-0.4, -0.2) is 30.7 Å². The van der Waals surface area contributed by atoms with Gasteiger partial charge in [0.1, 0.15) is 5.54 Å². The molecule has 0 aromatic heterocycles. The maximum atomic E-state index is 12.4. The van der Waals surface area contributed by atoms with E-state index in [4.69, 9.17) is 10.5 Å². The third kappa shape index (κ3) is 3.16. The van der Waals surface area contributed by atoms with Crippen molar-refractivity contribution in [2.45, 2.75) is 70.9 Å². The van der Waals surface area contributed by atoms with Gasteiger partial charge in [-0.1, -0.05) is 25.5 Å². The lowest BCUT2D eigenvalue weighted by Crippen LogP contribution is -2.75. The van der Waals surface area contributed by atoms with E-state index in [-0.39, 0.29) is 17.4 Å². The Morgan fingerprint density at radius 2 is 2.24 bits per heavy atom. The largest absolute Gasteiger partial charge is 0.378 e. The highest BCUT2D eigenvalue weighted by Crippen LogP contribution is 2.49. The summed E-state index contributed by atoms with van der Waals surface area (Å²) in [6, 6.07) is 0. The molecular formula is C17H30N2O2. The fraction of sp³-hybridized carbons (Fsp3) is 0.824. The molecule has 2 rings (SSSR count). The minimum absolute atomic E-state index is 0.0279. The first-order chi connectivity index (χ1) is 9.91. The predicted molar refractivity (Wildman–Crippen MR) is 84.9 cm³/mol. The molecule has 2 atom stereocenters. The van der Waals surface area contributed by atoms with Gasteiger partial charge in [-0.2, -0.15) is 0 Å². The van der Waals surface area contributed by atoms with Crippen LogP contribution >= 0.6 is 0 Å². The van der Waals surface area contributed by atoms with E-state index in [1.54, 1.807) is 0 Å². The Morgan fingerprint density at radius 3 is 2.81 bits per heavy atom. The highest BCUT2D eigenvalue weighted by Gasteiger charge is 2.62. The van der Waals surface area contributed by atoms with Gasteiger partial charge in [0.05, 0.1) is 6.10 Å². The van der Waals surface area contributed by atoms with Gasteiger partial charge in [-0.05, 0) is 39.0 Å². The molecule has 0 radical (unpaired) electrons. The van der Waals surface area contributed by atoms with E-state index >= 15 is 0 Å². The van der Waals surface area contributed by atoms with Crippen molar-refractivity contribution in [3.05, 3.63) is 11.6 Å². The first-order valence-electron chi connectivity index (χ1n) is 8.28. The molecule has 1 saturated carbocycles. The van der Waals surface area contributed by atoms with Gasteiger partial charge in [0.25, 0.3) is 0 Å². The molecule has 0 aromatic carbocycles.